The van der Waals surface area contributed by atoms with Gasteiger partial charge < -0.3 is 10.1 Å². The zero-order chi connectivity index (χ0) is 19.3. The van der Waals surface area contributed by atoms with Crippen molar-refractivity contribution in [2.75, 3.05) is 39.4 Å². The first kappa shape index (κ1) is 18.6. The number of carbonyl (C=O) groups excluding carboxylic acids is 1. The second-order valence-corrected chi connectivity index (χ2v) is 6.83. The van der Waals surface area contributed by atoms with Gasteiger partial charge in [0.25, 0.3) is 5.91 Å². The first-order valence-corrected chi connectivity index (χ1v) is 9.53. The molecule has 6 nitrogen and oxygen atoms in total. The predicted molar refractivity (Wildman–Crippen MR) is 105 cm³/mol. The Labute approximate surface area is 162 Å². The third kappa shape index (κ3) is 4.05. The highest BCUT2D eigenvalue weighted by Gasteiger charge is 2.14. The summed E-state index contributed by atoms with van der Waals surface area (Å²) in [6.07, 6.45) is 2.58. The Morgan fingerprint density at radius 3 is 2.71 bits per heavy atom. The Balaban J connectivity index is 1.43. The molecule has 0 aliphatic carbocycles. The number of hydrogen-bond donors (Lipinski definition) is 1. The molecule has 1 aromatic heterocycles. The molecule has 146 valence electrons. The highest BCUT2D eigenvalue weighted by molar-refractivity contribution is 6.06. The van der Waals surface area contributed by atoms with Crippen LogP contribution in [0.4, 0.5) is 4.39 Å². The molecule has 28 heavy (non-hydrogen) atoms. The predicted octanol–water partition coefficient (Wildman–Crippen LogP) is 2.62. The van der Waals surface area contributed by atoms with E-state index in [-0.39, 0.29) is 11.7 Å². The average molecular weight is 382 g/mol. The van der Waals surface area contributed by atoms with Crippen molar-refractivity contribution < 1.29 is 13.9 Å². The first-order chi connectivity index (χ1) is 13.7. The van der Waals surface area contributed by atoms with Crippen LogP contribution in [0.15, 0.2) is 48.7 Å². The van der Waals surface area contributed by atoms with Crippen LogP contribution in [-0.4, -0.2) is 60.0 Å². The van der Waals surface area contributed by atoms with Crippen LogP contribution < -0.4 is 5.32 Å². The molecule has 1 saturated heterocycles. The van der Waals surface area contributed by atoms with Gasteiger partial charge in [0.1, 0.15) is 5.82 Å². The highest BCUT2D eigenvalue weighted by Crippen LogP contribution is 2.22. The van der Waals surface area contributed by atoms with E-state index in [9.17, 15) is 9.18 Å². The smallest absolute Gasteiger partial charge is 0.252 e. The molecule has 7 heteroatoms. The van der Waals surface area contributed by atoms with Crippen LogP contribution in [0.2, 0.25) is 0 Å². The second-order valence-electron chi connectivity index (χ2n) is 6.83. The van der Waals surface area contributed by atoms with Crippen LogP contribution in [-0.2, 0) is 4.74 Å². The normalized spacial score (nSPS) is 15.0. The fourth-order valence-electron chi connectivity index (χ4n) is 3.46. The van der Waals surface area contributed by atoms with Crippen molar-refractivity contribution in [3.8, 4) is 5.69 Å². The van der Waals surface area contributed by atoms with Gasteiger partial charge in [-0.2, -0.15) is 5.10 Å². The lowest BCUT2D eigenvalue weighted by atomic mass is 10.1. The molecular formula is C21H23FN4O2. The topological polar surface area (TPSA) is 59.4 Å². The van der Waals surface area contributed by atoms with Crippen molar-refractivity contribution in [1.82, 2.24) is 20.0 Å². The quantitative estimate of drug-likeness (QED) is 0.666. The van der Waals surface area contributed by atoms with Gasteiger partial charge in [-0.15, -0.1) is 0 Å². The van der Waals surface area contributed by atoms with Crippen molar-refractivity contribution in [2.45, 2.75) is 6.42 Å². The molecule has 3 aromatic rings. The maximum Gasteiger partial charge on any atom is 0.252 e. The fourth-order valence-corrected chi connectivity index (χ4v) is 3.46. The minimum Gasteiger partial charge on any atom is -0.379 e. The number of nitrogens with one attached hydrogen (secondary N) is 1. The number of benzene rings is 2. The van der Waals surface area contributed by atoms with Crippen molar-refractivity contribution in [1.29, 1.82) is 0 Å². The van der Waals surface area contributed by atoms with E-state index in [4.69, 9.17) is 4.74 Å². The molecule has 0 saturated carbocycles. The van der Waals surface area contributed by atoms with E-state index in [1.807, 2.05) is 12.1 Å². The van der Waals surface area contributed by atoms with Gasteiger partial charge >= 0.3 is 0 Å². The number of halogens is 1. The van der Waals surface area contributed by atoms with Crippen molar-refractivity contribution >= 4 is 16.8 Å². The van der Waals surface area contributed by atoms with Gasteiger partial charge in [0.05, 0.1) is 36.2 Å². The summed E-state index contributed by atoms with van der Waals surface area (Å²) in [5, 5.41) is 8.17. The molecule has 1 amide bonds. The number of hydrogen-bond acceptors (Lipinski definition) is 4. The van der Waals surface area contributed by atoms with Crippen LogP contribution in [0.3, 0.4) is 0 Å². The summed E-state index contributed by atoms with van der Waals surface area (Å²) in [6.45, 7) is 5.06. The number of nitrogens with zero attached hydrogens (tertiary/aromatic N) is 3. The number of carbonyl (C=O) groups is 1. The Kier molecular flexibility index (Phi) is 5.64. The van der Waals surface area contributed by atoms with Gasteiger partial charge in [-0.1, -0.05) is 6.07 Å². The number of fused-ring (bicyclic) bond motifs is 1. The number of morpholine rings is 1. The molecule has 2 aromatic carbocycles. The third-order valence-electron chi connectivity index (χ3n) is 4.97. The summed E-state index contributed by atoms with van der Waals surface area (Å²) >= 11 is 0. The maximum atomic E-state index is 13.2. The van der Waals surface area contributed by atoms with E-state index in [0.29, 0.717) is 12.1 Å². The summed E-state index contributed by atoms with van der Waals surface area (Å²) in [6, 6.07) is 11.7. The zero-order valence-electron chi connectivity index (χ0n) is 15.6. The molecule has 0 spiro atoms. The molecule has 0 radical (unpaired) electrons. The van der Waals surface area contributed by atoms with E-state index in [0.717, 1.165) is 55.9 Å². The monoisotopic (exact) mass is 382 g/mol. The SMILES string of the molecule is O=C(NCCCN1CCOCC1)c1cccc2c1cnn2-c1ccc(F)cc1. The van der Waals surface area contributed by atoms with Crippen LogP contribution in [0.25, 0.3) is 16.6 Å². The van der Waals surface area contributed by atoms with E-state index >= 15 is 0 Å². The Bertz CT molecular complexity index is 949. The Hall–Kier alpha value is -2.77. The number of ether oxygens (including phenoxy) is 1. The van der Waals surface area contributed by atoms with Crippen LogP contribution in [0.1, 0.15) is 16.8 Å². The average Bonchev–Trinajstić information content (AvgIpc) is 3.16. The number of amides is 1. The van der Waals surface area contributed by atoms with Gasteiger partial charge in [0, 0.05) is 25.0 Å². The van der Waals surface area contributed by atoms with Crippen molar-refractivity contribution in [3.05, 3.63) is 60.0 Å². The van der Waals surface area contributed by atoms with Gasteiger partial charge in [-0.05, 0) is 49.4 Å². The van der Waals surface area contributed by atoms with Gasteiger partial charge in [-0.25, -0.2) is 9.07 Å². The fraction of sp³-hybridized carbons (Fsp3) is 0.333. The summed E-state index contributed by atoms with van der Waals surface area (Å²) in [4.78, 5) is 15.0. The maximum absolute atomic E-state index is 13.2. The second kappa shape index (κ2) is 8.50. The van der Waals surface area contributed by atoms with Gasteiger partial charge in [-0.3, -0.25) is 9.69 Å². The molecule has 4 rings (SSSR count). The van der Waals surface area contributed by atoms with Crippen molar-refractivity contribution in [3.63, 3.8) is 0 Å². The summed E-state index contributed by atoms with van der Waals surface area (Å²) < 4.78 is 20.2. The van der Waals surface area contributed by atoms with E-state index in [1.165, 1.54) is 12.1 Å². The van der Waals surface area contributed by atoms with Crippen molar-refractivity contribution in [2.24, 2.45) is 0 Å². The van der Waals surface area contributed by atoms with Crippen LogP contribution in [0.5, 0.6) is 0 Å². The molecule has 1 fully saturated rings. The lowest BCUT2D eigenvalue weighted by molar-refractivity contribution is 0.0374. The molecule has 1 N–H and O–H groups in total. The third-order valence-corrected chi connectivity index (χ3v) is 4.97. The number of aromatic nitrogens is 2. The zero-order valence-corrected chi connectivity index (χ0v) is 15.6. The van der Waals surface area contributed by atoms with E-state index in [1.54, 1.807) is 29.1 Å². The van der Waals surface area contributed by atoms with Crippen LogP contribution >= 0.6 is 0 Å². The standard InChI is InChI=1S/C21H23FN4O2/c22-16-5-7-17(8-6-16)26-20-4-1-3-18(19(20)15-24-26)21(27)23-9-2-10-25-11-13-28-14-12-25/h1,3-8,15H,2,9-14H2,(H,23,27). The minimum atomic E-state index is -0.294. The highest BCUT2D eigenvalue weighted by atomic mass is 19.1. The Morgan fingerprint density at radius 2 is 1.93 bits per heavy atom. The lowest BCUT2D eigenvalue weighted by Crippen LogP contribution is -2.38. The molecular weight excluding hydrogens is 359 g/mol. The van der Waals surface area contributed by atoms with Crippen LogP contribution in [0, 0.1) is 5.82 Å². The minimum absolute atomic E-state index is 0.105. The van der Waals surface area contributed by atoms with E-state index < -0.39 is 0 Å². The molecule has 1 aliphatic heterocycles. The summed E-state index contributed by atoms with van der Waals surface area (Å²) in [5.74, 6) is -0.399. The number of rotatable bonds is 6. The van der Waals surface area contributed by atoms with Gasteiger partial charge in [0.15, 0.2) is 0 Å². The summed E-state index contributed by atoms with van der Waals surface area (Å²) in [7, 11) is 0. The van der Waals surface area contributed by atoms with Gasteiger partial charge in [0.2, 0.25) is 0 Å². The molecule has 0 atom stereocenters. The first-order valence-electron chi connectivity index (χ1n) is 9.53. The molecule has 2 heterocycles. The largest absolute Gasteiger partial charge is 0.379 e. The molecule has 0 unspecified atom stereocenters. The Morgan fingerprint density at radius 1 is 1.14 bits per heavy atom. The molecule has 0 bridgehead atoms. The summed E-state index contributed by atoms with van der Waals surface area (Å²) in [5.41, 5.74) is 2.16. The van der Waals surface area contributed by atoms with E-state index in [2.05, 4.69) is 15.3 Å². The lowest BCUT2D eigenvalue weighted by Gasteiger charge is -2.26. The molecule has 1 aliphatic rings.